The van der Waals surface area contributed by atoms with E-state index in [2.05, 4.69) is 20.8 Å². The monoisotopic (exact) mass is 245 g/mol. The first kappa shape index (κ1) is 9.97. The van der Waals surface area contributed by atoms with E-state index in [0.717, 1.165) is 12.0 Å². The summed E-state index contributed by atoms with van der Waals surface area (Å²) >= 11 is 3.60. The molecule has 0 amide bonds. The van der Waals surface area contributed by atoms with Crippen molar-refractivity contribution in [3.8, 4) is 0 Å². The number of hydrogen-bond donors (Lipinski definition) is 0. The highest BCUT2D eigenvalue weighted by Gasteiger charge is 2.28. The molecule has 1 aliphatic carbocycles. The van der Waals surface area contributed by atoms with E-state index in [1.807, 2.05) is 0 Å². The van der Waals surface area contributed by atoms with Gasteiger partial charge in [0.05, 0.1) is 0 Å². The predicted octanol–water partition coefficient (Wildman–Crippen LogP) is 3.04. The first-order valence-electron chi connectivity index (χ1n) is 5.70. The number of hydrogen-bond acceptors (Lipinski definition) is 1. The molecule has 1 unspecified atom stereocenters. The van der Waals surface area contributed by atoms with Gasteiger partial charge >= 0.3 is 0 Å². The smallest absolute Gasteiger partial charge is 0.00953 e. The lowest BCUT2D eigenvalue weighted by molar-refractivity contribution is 0.187. The van der Waals surface area contributed by atoms with E-state index in [9.17, 15) is 0 Å². The molecule has 76 valence electrons. The van der Waals surface area contributed by atoms with Crippen LogP contribution in [0, 0.1) is 5.92 Å². The molecule has 2 rings (SSSR count). The van der Waals surface area contributed by atoms with Gasteiger partial charge < -0.3 is 4.90 Å². The van der Waals surface area contributed by atoms with E-state index < -0.39 is 0 Å². The van der Waals surface area contributed by atoms with Crippen LogP contribution in [0.2, 0.25) is 0 Å². The van der Waals surface area contributed by atoms with Crippen molar-refractivity contribution in [1.29, 1.82) is 0 Å². The van der Waals surface area contributed by atoms with Gasteiger partial charge in [-0.2, -0.15) is 0 Å². The van der Waals surface area contributed by atoms with E-state index >= 15 is 0 Å². The molecule has 0 aromatic rings. The third-order valence-electron chi connectivity index (χ3n) is 3.63. The fourth-order valence-electron chi connectivity index (χ4n) is 2.77. The number of likely N-dealkylation sites (tertiary alicyclic amines) is 1. The fourth-order valence-corrected chi connectivity index (χ4v) is 3.29. The van der Waals surface area contributed by atoms with Crippen molar-refractivity contribution in [3.05, 3.63) is 0 Å². The van der Waals surface area contributed by atoms with Gasteiger partial charge in [-0.3, -0.25) is 0 Å². The second kappa shape index (κ2) is 4.79. The maximum atomic E-state index is 3.60. The van der Waals surface area contributed by atoms with Gasteiger partial charge in [-0.05, 0) is 31.7 Å². The van der Waals surface area contributed by atoms with Gasteiger partial charge in [-0.1, -0.05) is 35.2 Å². The maximum Gasteiger partial charge on any atom is 0.00953 e. The fraction of sp³-hybridized carbons (Fsp3) is 1.00. The van der Waals surface area contributed by atoms with Crippen molar-refractivity contribution in [3.63, 3.8) is 0 Å². The van der Waals surface area contributed by atoms with Gasteiger partial charge in [0, 0.05) is 17.9 Å². The van der Waals surface area contributed by atoms with Gasteiger partial charge in [-0.15, -0.1) is 0 Å². The molecule has 2 aliphatic rings. The van der Waals surface area contributed by atoms with Crippen molar-refractivity contribution >= 4 is 15.9 Å². The molecule has 2 fully saturated rings. The van der Waals surface area contributed by atoms with Gasteiger partial charge in [-0.25, -0.2) is 0 Å². The Morgan fingerprint density at radius 1 is 1.08 bits per heavy atom. The second-order valence-electron chi connectivity index (χ2n) is 4.60. The summed E-state index contributed by atoms with van der Waals surface area (Å²) in [6.07, 6.45) is 8.78. The Kier molecular flexibility index (Phi) is 3.67. The normalized spacial score (nSPS) is 32.5. The summed E-state index contributed by atoms with van der Waals surface area (Å²) in [6.45, 7) is 2.72. The minimum absolute atomic E-state index is 0.932. The van der Waals surface area contributed by atoms with E-state index in [-0.39, 0.29) is 0 Å². The van der Waals surface area contributed by atoms with Gasteiger partial charge in [0.15, 0.2) is 0 Å². The third-order valence-corrected chi connectivity index (χ3v) is 4.54. The highest BCUT2D eigenvalue weighted by molar-refractivity contribution is 9.09. The maximum absolute atomic E-state index is 3.60. The van der Waals surface area contributed by atoms with Crippen LogP contribution in [0.5, 0.6) is 0 Å². The molecule has 0 aromatic carbocycles. The summed E-state index contributed by atoms with van der Waals surface area (Å²) in [4.78, 5) is 2.74. The van der Waals surface area contributed by atoms with Crippen molar-refractivity contribution in [1.82, 2.24) is 4.90 Å². The highest BCUT2D eigenvalue weighted by Crippen LogP contribution is 2.28. The molecule has 0 aromatic heterocycles. The molecule has 1 nitrogen and oxygen atoms in total. The van der Waals surface area contributed by atoms with E-state index in [1.54, 1.807) is 0 Å². The van der Waals surface area contributed by atoms with Crippen molar-refractivity contribution in [2.75, 3.05) is 18.4 Å². The summed E-state index contributed by atoms with van der Waals surface area (Å²) in [5.41, 5.74) is 0. The molecule has 0 bridgehead atoms. The summed E-state index contributed by atoms with van der Waals surface area (Å²) in [7, 11) is 0. The summed E-state index contributed by atoms with van der Waals surface area (Å²) in [6, 6.07) is 0.942. The zero-order valence-electron chi connectivity index (χ0n) is 8.34. The Bertz CT molecular complexity index is 154. The Morgan fingerprint density at radius 2 is 1.85 bits per heavy atom. The predicted molar refractivity (Wildman–Crippen MR) is 60.3 cm³/mol. The topological polar surface area (TPSA) is 3.24 Å². The molecule has 13 heavy (non-hydrogen) atoms. The van der Waals surface area contributed by atoms with Crippen LogP contribution in [0.3, 0.4) is 0 Å². The largest absolute Gasteiger partial charge is 0.300 e. The second-order valence-corrected chi connectivity index (χ2v) is 5.24. The standard InChI is InChI=1S/C11H20BrN/c12-8-10-6-7-13(9-10)11-4-2-1-3-5-11/h10-11H,1-9H2. The van der Waals surface area contributed by atoms with Gasteiger partial charge in [0.1, 0.15) is 0 Å². The van der Waals surface area contributed by atoms with Crippen LogP contribution in [0.15, 0.2) is 0 Å². The van der Waals surface area contributed by atoms with Crippen LogP contribution < -0.4 is 0 Å². The quantitative estimate of drug-likeness (QED) is 0.677. The van der Waals surface area contributed by atoms with Crippen LogP contribution >= 0.6 is 15.9 Å². The lowest BCUT2D eigenvalue weighted by Crippen LogP contribution is -2.34. The zero-order valence-corrected chi connectivity index (χ0v) is 9.93. The first-order valence-corrected chi connectivity index (χ1v) is 6.82. The molecular formula is C11H20BrN. The van der Waals surface area contributed by atoms with Crippen LogP contribution in [-0.2, 0) is 0 Å². The molecule has 2 heteroatoms. The molecule has 1 atom stereocenters. The average Bonchev–Trinajstić information content (AvgIpc) is 2.67. The number of rotatable bonds is 2. The van der Waals surface area contributed by atoms with Crippen molar-refractivity contribution in [2.24, 2.45) is 5.92 Å². The Labute approximate surface area is 90.0 Å². The molecule has 1 aliphatic heterocycles. The van der Waals surface area contributed by atoms with Gasteiger partial charge in [0.25, 0.3) is 0 Å². The Morgan fingerprint density at radius 3 is 2.46 bits per heavy atom. The molecule has 1 saturated carbocycles. The summed E-state index contributed by atoms with van der Waals surface area (Å²) < 4.78 is 0. The highest BCUT2D eigenvalue weighted by atomic mass is 79.9. The Balaban J connectivity index is 1.80. The molecule has 1 saturated heterocycles. The minimum atomic E-state index is 0.932. The summed E-state index contributed by atoms with van der Waals surface area (Å²) in [5.74, 6) is 0.932. The van der Waals surface area contributed by atoms with Crippen LogP contribution in [0.4, 0.5) is 0 Å². The van der Waals surface area contributed by atoms with E-state index in [4.69, 9.17) is 0 Å². The molecular weight excluding hydrogens is 226 g/mol. The third kappa shape index (κ3) is 2.47. The van der Waals surface area contributed by atoms with Crippen molar-refractivity contribution in [2.45, 2.75) is 44.6 Å². The van der Waals surface area contributed by atoms with Crippen molar-refractivity contribution < 1.29 is 0 Å². The SMILES string of the molecule is BrCC1CCN(C2CCCCC2)C1. The Hall–Kier alpha value is 0.440. The molecule has 0 N–H and O–H groups in total. The number of nitrogens with zero attached hydrogens (tertiary/aromatic N) is 1. The molecule has 0 radical (unpaired) electrons. The van der Waals surface area contributed by atoms with E-state index in [0.29, 0.717) is 0 Å². The van der Waals surface area contributed by atoms with E-state index in [1.165, 1.54) is 56.9 Å². The number of alkyl halides is 1. The van der Waals surface area contributed by atoms with Crippen LogP contribution in [0.25, 0.3) is 0 Å². The lowest BCUT2D eigenvalue weighted by Gasteiger charge is -2.30. The lowest BCUT2D eigenvalue weighted by atomic mass is 9.94. The van der Waals surface area contributed by atoms with Crippen LogP contribution in [-0.4, -0.2) is 29.4 Å². The van der Waals surface area contributed by atoms with Crippen LogP contribution in [0.1, 0.15) is 38.5 Å². The first-order chi connectivity index (χ1) is 6.40. The molecule has 0 spiro atoms. The number of halogens is 1. The summed E-state index contributed by atoms with van der Waals surface area (Å²) in [5, 5.41) is 1.20. The zero-order chi connectivity index (χ0) is 9.10. The van der Waals surface area contributed by atoms with Gasteiger partial charge in [0.2, 0.25) is 0 Å². The minimum Gasteiger partial charge on any atom is -0.300 e. The molecule has 1 heterocycles. The average molecular weight is 246 g/mol.